The zero-order chi connectivity index (χ0) is 28.3. The Morgan fingerprint density at radius 2 is 1.87 bits per heavy atom. The number of aliphatic hydroxyl groups excluding tert-OH is 2. The van der Waals surface area contributed by atoms with Gasteiger partial charge >= 0.3 is 13.7 Å². The van der Waals surface area contributed by atoms with E-state index < -0.39 is 50.4 Å². The number of benzene rings is 1. The largest absolute Gasteiger partial charge is 0.462 e. The molecule has 0 saturated carbocycles. The molecule has 13 nitrogen and oxygen atoms in total. The highest BCUT2D eigenvalue weighted by Gasteiger charge is 2.50. The molecule has 1 fully saturated rings. The van der Waals surface area contributed by atoms with Crippen LogP contribution in [0.5, 0.6) is 5.75 Å². The Morgan fingerprint density at radius 1 is 1.15 bits per heavy atom. The van der Waals surface area contributed by atoms with Gasteiger partial charge < -0.3 is 24.2 Å². The van der Waals surface area contributed by atoms with Crippen molar-refractivity contribution >= 4 is 24.9 Å². The molecule has 0 amide bonds. The van der Waals surface area contributed by atoms with E-state index >= 15 is 0 Å². The van der Waals surface area contributed by atoms with Crippen LogP contribution in [0.25, 0.3) is 11.2 Å². The molecule has 3 aromatic rings. The molecule has 0 bridgehead atoms. The van der Waals surface area contributed by atoms with Crippen molar-refractivity contribution in [2.75, 3.05) is 0 Å². The Bertz CT molecular complexity index is 1320. The van der Waals surface area contributed by atoms with Crippen LogP contribution in [0.2, 0.25) is 0 Å². The van der Waals surface area contributed by atoms with E-state index in [1.807, 2.05) is 0 Å². The fourth-order valence-electron chi connectivity index (χ4n) is 4.25. The van der Waals surface area contributed by atoms with E-state index in [1.54, 1.807) is 58.0 Å². The number of imidazole rings is 1. The summed E-state index contributed by atoms with van der Waals surface area (Å²) in [6, 6.07) is 7.28. The zero-order valence-corrected chi connectivity index (χ0v) is 23.3. The molecule has 4 rings (SSSR count). The van der Waals surface area contributed by atoms with Crippen LogP contribution in [-0.2, 0) is 23.4 Å². The first kappa shape index (κ1) is 29.1. The molecule has 1 aliphatic heterocycles. The molecule has 1 aliphatic rings. The van der Waals surface area contributed by atoms with Crippen molar-refractivity contribution in [2.24, 2.45) is 0 Å². The fraction of sp³-hybridized carbons (Fsp3) is 0.520. The van der Waals surface area contributed by atoms with Crippen LogP contribution in [0.3, 0.4) is 0 Å². The molecule has 0 aliphatic carbocycles. The average Bonchev–Trinajstić information content (AvgIpc) is 3.44. The third-order valence-corrected chi connectivity index (χ3v) is 7.86. The fourth-order valence-corrected chi connectivity index (χ4v) is 6.01. The second kappa shape index (κ2) is 12.1. The molecule has 1 aromatic carbocycles. The van der Waals surface area contributed by atoms with Crippen molar-refractivity contribution in [1.29, 1.82) is 0 Å². The van der Waals surface area contributed by atoms with Gasteiger partial charge in [-0.2, -0.15) is 5.09 Å². The van der Waals surface area contributed by atoms with Gasteiger partial charge in [0.1, 0.15) is 41.9 Å². The van der Waals surface area contributed by atoms with Crippen LogP contribution < -0.4 is 9.61 Å². The summed E-state index contributed by atoms with van der Waals surface area (Å²) in [5.74, 6) is -0.409. The maximum absolute atomic E-state index is 14.0. The Balaban J connectivity index is 1.59. The van der Waals surface area contributed by atoms with Gasteiger partial charge in [-0.15, -0.1) is 0 Å². The molecule has 3 heterocycles. The highest BCUT2D eigenvalue weighted by Crippen LogP contribution is 2.48. The van der Waals surface area contributed by atoms with Crippen molar-refractivity contribution < 1.29 is 38.1 Å². The number of ether oxygens (including phenoxy) is 2. The smallest absolute Gasteiger partial charge is 0.459 e. The number of hydrogen-bond donors (Lipinski definition) is 3. The molecule has 2 aromatic heterocycles. The number of esters is 1. The normalized spacial score (nSPS) is 24.4. The van der Waals surface area contributed by atoms with Crippen molar-refractivity contribution in [3.8, 4) is 5.75 Å². The molecule has 7 atom stereocenters. The van der Waals surface area contributed by atoms with Gasteiger partial charge in [-0.25, -0.2) is 19.5 Å². The lowest BCUT2D eigenvalue weighted by Gasteiger charge is -2.30. The first-order valence-corrected chi connectivity index (χ1v) is 14.2. The number of aliphatic hydroxyl groups is 2. The van der Waals surface area contributed by atoms with Gasteiger partial charge in [0.15, 0.2) is 11.9 Å². The maximum atomic E-state index is 14.0. The number of nitrogens with one attached hydrogen (secondary N) is 1. The molecule has 0 spiro atoms. The minimum absolute atomic E-state index is 0.224. The minimum Gasteiger partial charge on any atom is -0.462 e. The SMILES string of the molecule is CC[C@@H](OP(=O)(N[C@@H](C)C(=O)OC(C)C)Oc1ccccc1)[C@H]1O[C@@H](n2cnc3c(C)ncnc32)[C@H](O)[C@@H]1O. The quantitative estimate of drug-likeness (QED) is 0.231. The third kappa shape index (κ3) is 6.46. The van der Waals surface area contributed by atoms with E-state index in [4.69, 9.17) is 18.5 Å². The van der Waals surface area contributed by atoms with E-state index in [0.29, 0.717) is 16.9 Å². The van der Waals surface area contributed by atoms with Gasteiger partial charge in [0, 0.05) is 0 Å². The first-order chi connectivity index (χ1) is 18.5. The van der Waals surface area contributed by atoms with Gasteiger partial charge in [-0.1, -0.05) is 25.1 Å². The molecule has 3 N–H and O–H groups in total. The summed E-state index contributed by atoms with van der Waals surface area (Å²) in [5, 5.41) is 24.5. The van der Waals surface area contributed by atoms with Crippen molar-refractivity contribution in [3.63, 3.8) is 0 Å². The number of fused-ring (bicyclic) bond motifs is 1. The maximum Gasteiger partial charge on any atom is 0.459 e. The summed E-state index contributed by atoms with van der Waals surface area (Å²) in [7, 11) is -4.25. The Kier molecular flexibility index (Phi) is 9.00. The van der Waals surface area contributed by atoms with Crippen molar-refractivity contribution in [1.82, 2.24) is 24.6 Å². The summed E-state index contributed by atoms with van der Waals surface area (Å²) in [4.78, 5) is 25.1. The number of para-hydroxylation sites is 1. The molecule has 1 unspecified atom stereocenters. The van der Waals surface area contributed by atoms with Crippen LogP contribution in [0.15, 0.2) is 43.0 Å². The van der Waals surface area contributed by atoms with Crippen LogP contribution in [0, 0.1) is 6.92 Å². The summed E-state index contributed by atoms with van der Waals surface area (Å²) in [6.07, 6.45) is -3.29. The zero-order valence-electron chi connectivity index (χ0n) is 22.4. The highest BCUT2D eigenvalue weighted by atomic mass is 31.2. The molecule has 212 valence electrons. The van der Waals surface area contributed by atoms with Gasteiger partial charge in [-0.3, -0.25) is 13.9 Å². The van der Waals surface area contributed by atoms with E-state index in [-0.39, 0.29) is 18.3 Å². The van der Waals surface area contributed by atoms with Gasteiger partial charge in [0.2, 0.25) is 0 Å². The van der Waals surface area contributed by atoms with Crippen LogP contribution in [0.1, 0.15) is 46.0 Å². The summed E-state index contributed by atoms with van der Waals surface area (Å²) in [6.45, 7) is 8.40. The van der Waals surface area contributed by atoms with E-state index in [0.717, 1.165) is 0 Å². The number of carbonyl (C=O) groups excluding carboxylic acids is 1. The summed E-state index contributed by atoms with van der Waals surface area (Å²) in [5.41, 5.74) is 1.60. The Hall–Kier alpha value is -2.93. The Morgan fingerprint density at radius 3 is 2.54 bits per heavy atom. The lowest BCUT2D eigenvalue weighted by molar-refractivity contribution is -0.149. The monoisotopic (exact) mass is 563 g/mol. The van der Waals surface area contributed by atoms with Crippen LogP contribution in [0.4, 0.5) is 0 Å². The first-order valence-electron chi connectivity index (χ1n) is 12.7. The van der Waals surface area contributed by atoms with E-state index in [1.165, 1.54) is 24.1 Å². The van der Waals surface area contributed by atoms with Crippen LogP contribution in [-0.4, -0.2) is 72.3 Å². The van der Waals surface area contributed by atoms with Gasteiger partial charge in [0.05, 0.1) is 24.2 Å². The predicted molar refractivity (Wildman–Crippen MR) is 140 cm³/mol. The molecule has 0 radical (unpaired) electrons. The molecule has 39 heavy (non-hydrogen) atoms. The minimum atomic E-state index is -4.25. The van der Waals surface area contributed by atoms with E-state index in [2.05, 4.69) is 20.0 Å². The third-order valence-electron chi connectivity index (χ3n) is 6.16. The van der Waals surface area contributed by atoms with Crippen LogP contribution >= 0.6 is 7.75 Å². The number of nitrogens with zero attached hydrogens (tertiary/aromatic N) is 4. The summed E-state index contributed by atoms with van der Waals surface area (Å²) < 4.78 is 38.5. The number of aromatic nitrogens is 4. The van der Waals surface area contributed by atoms with Crippen molar-refractivity contribution in [3.05, 3.63) is 48.7 Å². The molecule has 14 heteroatoms. The second-order valence-electron chi connectivity index (χ2n) is 9.55. The molecular formula is C25H34N5O8P. The molecular weight excluding hydrogens is 529 g/mol. The lowest BCUT2D eigenvalue weighted by atomic mass is 10.0. The lowest BCUT2D eigenvalue weighted by Crippen LogP contribution is -2.42. The standard InChI is InChI=1S/C25H34N5O8P/c1-6-18(22-20(31)21(32)24(36-22)30-13-28-19-15(4)26-12-27-23(19)30)38-39(34,37-17-10-8-7-9-11-17)29-16(5)25(33)35-14(2)3/h7-14,16,18,20-22,24,31-32H,6H2,1-5H3,(H,29,34)/t16-,18+,20-,21+,22+,24+,39?/m0/s1. The second-order valence-corrected chi connectivity index (χ2v) is 11.2. The number of carbonyl (C=O) groups is 1. The predicted octanol–water partition coefficient (Wildman–Crippen LogP) is 2.67. The number of rotatable bonds is 11. The summed E-state index contributed by atoms with van der Waals surface area (Å²) >= 11 is 0. The average molecular weight is 564 g/mol. The Labute approximate surface area is 226 Å². The number of hydrogen-bond acceptors (Lipinski definition) is 11. The van der Waals surface area contributed by atoms with E-state index in [9.17, 15) is 19.6 Å². The van der Waals surface area contributed by atoms with Gasteiger partial charge in [0.25, 0.3) is 0 Å². The highest BCUT2D eigenvalue weighted by molar-refractivity contribution is 7.52. The molecule has 1 saturated heterocycles. The number of aryl methyl sites for hydroxylation is 1. The van der Waals surface area contributed by atoms with Gasteiger partial charge in [-0.05, 0) is 46.2 Å². The topological polar surface area (TPSA) is 167 Å². The van der Waals surface area contributed by atoms with Crippen molar-refractivity contribution in [2.45, 2.75) is 83.8 Å².